The Balaban J connectivity index is 2.34. The Bertz CT molecular complexity index is 664. The summed E-state index contributed by atoms with van der Waals surface area (Å²) in [6.07, 6.45) is 0. The van der Waals surface area contributed by atoms with Gasteiger partial charge in [0.05, 0.1) is 10.7 Å². The van der Waals surface area contributed by atoms with Gasteiger partial charge in [-0.1, -0.05) is 30.3 Å². The number of carbonyl (C=O) groups is 1. The number of aromatic amines is 1. The van der Waals surface area contributed by atoms with E-state index in [2.05, 4.69) is 16.8 Å². The van der Waals surface area contributed by atoms with E-state index in [1.807, 2.05) is 6.92 Å². The Labute approximate surface area is 120 Å². The molecule has 0 bridgehead atoms. The molecule has 1 aromatic heterocycles. The van der Waals surface area contributed by atoms with E-state index in [9.17, 15) is 4.79 Å². The van der Waals surface area contributed by atoms with Gasteiger partial charge in [0.2, 0.25) is 0 Å². The average molecular weight is 293 g/mol. The number of hydrogen-bond donors (Lipinski definition) is 2. The first kappa shape index (κ1) is 14.1. The number of hydrogen-bond acceptors (Lipinski definition) is 3. The fourth-order valence-electron chi connectivity index (χ4n) is 1.59. The van der Waals surface area contributed by atoms with Crippen LogP contribution in [0.2, 0.25) is 5.02 Å². The number of aromatic carboxylic acids is 1. The van der Waals surface area contributed by atoms with Gasteiger partial charge in [0.15, 0.2) is 0 Å². The molecule has 0 atom stereocenters. The summed E-state index contributed by atoms with van der Waals surface area (Å²) in [5.41, 5.74) is 1.94. The molecule has 0 aliphatic heterocycles. The molecular weight excluding hydrogens is 280 g/mol. The van der Waals surface area contributed by atoms with Crippen molar-refractivity contribution in [1.29, 1.82) is 0 Å². The van der Waals surface area contributed by atoms with Crippen molar-refractivity contribution in [2.45, 2.75) is 6.92 Å². The molecule has 0 unspecified atom stereocenters. The van der Waals surface area contributed by atoms with Gasteiger partial charge in [-0.3, -0.25) is 5.10 Å². The van der Waals surface area contributed by atoms with Gasteiger partial charge in [-0.05, 0) is 24.6 Å². The van der Waals surface area contributed by atoms with Gasteiger partial charge in [0, 0.05) is 5.56 Å². The lowest BCUT2D eigenvalue weighted by atomic mass is 10.1. The first-order valence-electron chi connectivity index (χ1n) is 5.84. The van der Waals surface area contributed by atoms with Crippen molar-refractivity contribution in [2.75, 3.05) is 6.61 Å². The lowest BCUT2D eigenvalue weighted by molar-refractivity contribution is 0.0690. The van der Waals surface area contributed by atoms with Crippen LogP contribution >= 0.6 is 11.6 Å². The monoisotopic (exact) mass is 292 g/mol. The summed E-state index contributed by atoms with van der Waals surface area (Å²) < 4.78 is 5.53. The molecule has 0 radical (unpaired) electrons. The molecule has 2 rings (SSSR count). The summed E-state index contributed by atoms with van der Waals surface area (Å²) in [7, 11) is 0. The minimum Gasteiger partial charge on any atom is -0.488 e. The minimum absolute atomic E-state index is 0.00400. The van der Waals surface area contributed by atoms with Crippen molar-refractivity contribution >= 4 is 17.6 Å². The summed E-state index contributed by atoms with van der Waals surface area (Å²) in [4.78, 5) is 10.8. The smallest absolute Gasteiger partial charge is 0.353 e. The van der Waals surface area contributed by atoms with Gasteiger partial charge in [0.25, 0.3) is 0 Å². The summed E-state index contributed by atoms with van der Waals surface area (Å²) in [6, 6.07) is 6.67. The van der Waals surface area contributed by atoms with Crippen LogP contribution in [0.25, 0.3) is 11.3 Å². The second-order valence-corrected chi connectivity index (χ2v) is 4.71. The fourth-order valence-corrected chi connectivity index (χ4v) is 1.87. The van der Waals surface area contributed by atoms with Crippen LogP contribution < -0.4 is 4.74 Å². The molecule has 2 aromatic rings. The largest absolute Gasteiger partial charge is 0.488 e. The molecule has 6 heteroatoms. The van der Waals surface area contributed by atoms with Gasteiger partial charge < -0.3 is 9.84 Å². The topological polar surface area (TPSA) is 75.2 Å². The van der Waals surface area contributed by atoms with Crippen LogP contribution in [0.5, 0.6) is 5.75 Å². The quantitative estimate of drug-likeness (QED) is 0.828. The summed E-state index contributed by atoms with van der Waals surface area (Å²) in [6.45, 7) is 5.97. The zero-order valence-corrected chi connectivity index (χ0v) is 11.6. The summed E-state index contributed by atoms with van der Waals surface area (Å²) in [5, 5.41) is 15.6. The van der Waals surface area contributed by atoms with Crippen molar-refractivity contribution in [3.63, 3.8) is 0 Å². The number of halogens is 1. The molecule has 0 fully saturated rings. The van der Waals surface area contributed by atoms with Gasteiger partial charge in [-0.15, -0.1) is 0 Å². The first-order chi connectivity index (χ1) is 9.49. The molecule has 0 spiro atoms. The molecule has 2 N–H and O–H groups in total. The third-order valence-electron chi connectivity index (χ3n) is 2.52. The van der Waals surface area contributed by atoms with Gasteiger partial charge in [-0.25, -0.2) is 4.79 Å². The van der Waals surface area contributed by atoms with E-state index in [4.69, 9.17) is 21.4 Å². The molecular formula is C14H13ClN2O3. The van der Waals surface area contributed by atoms with Crippen LogP contribution in [0.3, 0.4) is 0 Å². The Hall–Kier alpha value is -2.27. The zero-order chi connectivity index (χ0) is 14.7. The summed E-state index contributed by atoms with van der Waals surface area (Å²) in [5.74, 6) is -0.568. The van der Waals surface area contributed by atoms with Crippen LogP contribution in [0.4, 0.5) is 0 Å². The fraction of sp³-hybridized carbons (Fsp3) is 0.143. The lowest BCUT2D eigenvalue weighted by Gasteiger charge is -2.09. The van der Waals surface area contributed by atoms with Crippen LogP contribution in [0, 0.1) is 0 Å². The molecule has 0 saturated heterocycles. The molecule has 1 aromatic carbocycles. The maximum atomic E-state index is 10.8. The highest BCUT2D eigenvalue weighted by Gasteiger charge is 2.14. The number of rotatable bonds is 5. The normalized spacial score (nSPS) is 10.3. The molecule has 5 nitrogen and oxygen atoms in total. The highest BCUT2D eigenvalue weighted by Crippen LogP contribution is 2.34. The third kappa shape index (κ3) is 3.00. The average Bonchev–Trinajstić information content (AvgIpc) is 2.87. The SMILES string of the molecule is C=C(C)COc1cccc(-c2cc(C(=O)O)[nH]n2)c1Cl. The number of nitrogens with one attached hydrogen (secondary N) is 1. The highest BCUT2D eigenvalue weighted by molar-refractivity contribution is 6.34. The van der Waals surface area contributed by atoms with E-state index in [1.165, 1.54) is 6.07 Å². The third-order valence-corrected chi connectivity index (χ3v) is 2.91. The molecule has 1 heterocycles. The first-order valence-corrected chi connectivity index (χ1v) is 6.21. The van der Waals surface area contributed by atoms with Gasteiger partial charge in [0.1, 0.15) is 18.1 Å². The van der Waals surface area contributed by atoms with Gasteiger partial charge >= 0.3 is 5.97 Å². The Morgan fingerprint density at radius 1 is 1.55 bits per heavy atom. The Morgan fingerprint density at radius 3 is 2.90 bits per heavy atom. The number of benzene rings is 1. The Morgan fingerprint density at radius 2 is 2.30 bits per heavy atom. The molecule has 0 aliphatic rings. The highest BCUT2D eigenvalue weighted by atomic mass is 35.5. The summed E-state index contributed by atoms with van der Waals surface area (Å²) >= 11 is 6.26. The van der Waals surface area contributed by atoms with E-state index in [0.717, 1.165) is 5.57 Å². The second-order valence-electron chi connectivity index (χ2n) is 4.34. The predicted molar refractivity (Wildman–Crippen MR) is 76.3 cm³/mol. The number of aromatic nitrogens is 2. The van der Waals surface area contributed by atoms with Crippen LogP contribution in [0.15, 0.2) is 36.4 Å². The van der Waals surface area contributed by atoms with E-state index in [0.29, 0.717) is 28.6 Å². The standard InChI is InChI=1S/C14H13ClN2O3/c1-8(2)7-20-12-5-3-4-9(13(12)15)10-6-11(14(18)19)17-16-10/h3-6H,1,7H2,2H3,(H,16,17)(H,18,19). The number of nitrogens with zero attached hydrogens (tertiary/aromatic N) is 1. The number of ether oxygens (including phenoxy) is 1. The van der Waals surface area contributed by atoms with Crippen molar-refractivity contribution in [3.05, 3.63) is 47.1 Å². The van der Waals surface area contributed by atoms with Crippen molar-refractivity contribution < 1.29 is 14.6 Å². The van der Waals surface area contributed by atoms with E-state index in [1.54, 1.807) is 18.2 Å². The van der Waals surface area contributed by atoms with Crippen molar-refractivity contribution in [2.24, 2.45) is 0 Å². The Kier molecular flexibility index (Phi) is 4.10. The zero-order valence-electron chi connectivity index (χ0n) is 10.8. The van der Waals surface area contributed by atoms with E-state index >= 15 is 0 Å². The molecule has 0 saturated carbocycles. The minimum atomic E-state index is -1.07. The number of carboxylic acid groups (broad SMARTS) is 1. The van der Waals surface area contributed by atoms with Gasteiger partial charge in [-0.2, -0.15) is 5.10 Å². The van der Waals surface area contributed by atoms with Crippen molar-refractivity contribution in [1.82, 2.24) is 10.2 Å². The van der Waals surface area contributed by atoms with Crippen LogP contribution in [0.1, 0.15) is 17.4 Å². The van der Waals surface area contributed by atoms with Crippen molar-refractivity contribution in [3.8, 4) is 17.0 Å². The maximum absolute atomic E-state index is 10.8. The second kappa shape index (κ2) is 5.79. The number of carboxylic acids is 1. The lowest BCUT2D eigenvalue weighted by Crippen LogP contribution is -1.98. The van der Waals surface area contributed by atoms with E-state index < -0.39 is 5.97 Å². The molecule has 104 valence electrons. The number of H-pyrrole nitrogens is 1. The predicted octanol–water partition coefficient (Wildman–Crippen LogP) is 3.38. The van der Waals surface area contributed by atoms with Crippen LogP contribution in [-0.2, 0) is 0 Å². The maximum Gasteiger partial charge on any atom is 0.353 e. The molecule has 0 aliphatic carbocycles. The van der Waals surface area contributed by atoms with E-state index in [-0.39, 0.29) is 5.69 Å². The van der Waals surface area contributed by atoms with Crippen LogP contribution in [-0.4, -0.2) is 27.9 Å². The molecule has 20 heavy (non-hydrogen) atoms. The molecule has 0 amide bonds.